The number of hydrogen-bond acceptors (Lipinski definition) is 5. The first-order valence-electron chi connectivity index (χ1n) is 10.6. The van der Waals surface area contributed by atoms with Gasteiger partial charge in [-0.3, -0.25) is 4.79 Å². The maximum absolute atomic E-state index is 10.9. The van der Waals surface area contributed by atoms with Crippen molar-refractivity contribution in [2.45, 2.75) is 45.6 Å². The number of ether oxygens (including phenoxy) is 1. The molecule has 2 aromatic rings. The number of carbonyl (C=O) groups excluding carboxylic acids is 1. The van der Waals surface area contributed by atoms with Gasteiger partial charge in [0.2, 0.25) is 0 Å². The lowest BCUT2D eigenvalue weighted by Crippen LogP contribution is -2.25. The molecule has 1 N–H and O–H groups in total. The number of rotatable bonds is 14. The van der Waals surface area contributed by atoms with Crippen LogP contribution in [0.4, 0.5) is 5.69 Å². The monoisotopic (exact) mass is 493 g/mol. The van der Waals surface area contributed by atoms with Crippen LogP contribution in [0.15, 0.2) is 30.3 Å². The van der Waals surface area contributed by atoms with Crippen LogP contribution in [0, 0.1) is 0 Å². The SMILES string of the molecule is CCCCN(CCCC)c1ccc(C=Cc2ccc(C=O)s2)c(OCC(O)CBr)c1. The van der Waals surface area contributed by atoms with E-state index in [1.165, 1.54) is 11.3 Å². The minimum Gasteiger partial charge on any atom is -0.490 e. The van der Waals surface area contributed by atoms with E-state index in [1.54, 1.807) is 0 Å². The number of halogens is 1. The fourth-order valence-corrected chi connectivity index (χ4v) is 3.89. The first-order valence-corrected chi connectivity index (χ1v) is 12.5. The molecule has 0 aliphatic heterocycles. The highest BCUT2D eigenvalue weighted by molar-refractivity contribution is 9.09. The normalized spacial score (nSPS) is 12.3. The Bertz CT molecular complexity index is 797. The smallest absolute Gasteiger partial charge is 0.160 e. The average molecular weight is 494 g/mol. The summed E-state index contributed by atoms with van der Waals surface area (Å²) in [6, 6.07) is 10.1. The van der Waals surface area contributed by atoms with Gasteiger partial charge in [-0.15, -0.1) is 11.3 Å². The topological polar surface area (TPSA) is 49.8 Å². The van der Waals surface area contributed by atoms with Crippen LogP contribution in [0.25, 0.3) is 12.2 Å². The molecule has 0 amide bonds. The minimum absolute atomic E-state index is 0.230. The second-order valence-electron chi connectivity index (χ2n) is 7.23. The first-order chi connectivity index (χ1) is 14.6. The molecule has 4 nitrogen and oxygen atoms in total. The van der Waals surface area contributed by atoms with Gasteiger partial charge in [0.1, 0.15) is 12.4 Å². The number of thiophene rings is 1. The number of carbonyl (C=O) groups is 1. The lowest BCUT2D eigenvalue weighted by molar-refractivity contribution is 0.112. The molecule has 6 heteroatoms. The van der Waals surface area contributed by atoms with Gasteiger partial charge in [-0.05, 0) is 49.3 Å². The molecule has 0 spiro atoms. The van der Waals surface area contributed by atoms with E-state index in [1.807, 2.05) is 24.3 Å². The second-order valence-corrected chi connectivity index (χ2v) is 9.02. The number of hydrogen-bond donors (Lipinski definition) is 1. The highest BCUT2D eigenvalue weighted by atomic mass is 79.9. The summed E-state index contributed by atoms with van der Waals surface area (Å²) < 4.78 is 5.99. The van der Waals surface area contributed by atoms with Gasteiger partial charge < -0.3 is 14.7 Å². The van der Waals surface area contributed by atoms with Crippen LogP contribution in [-0.4, -0.2) is 42.5 Å². The van der Waals surface area contributed by atoms with Crippen molar-refractivity contribution in [1.82, 2.24) is 0 Å². The molecule has 1 atom stereocenters. The van der Waals surface area contributed by atoms with Crippen molar-refractivity contribution in [3.8, 4) is 5.75 Å². The standard InChI is InChI=1S/C24H32BrNO3S/c1-3-5-13-26(14-6-4-2)20-9-7-19(24(15-20)29-18-21(28)16-25)8-10-22-11-12-23(17-27)30-22/h7-12,15,17,21,28H,3-6,13-14,16,18H2,1-2H3. The van der Waals surface area contributed by atoms with Crippen LogP contribution in [0.3, 0.4) is 0 Å². The molecule has 0 aliphatic rings. The van der Waals surface area contributed by atoms with Gasteiger partial charge in [0.25, 0.3) is 0 Å². The predicted molar refractivity (Wildman–Crippen MR) is 132 cm³/mol. The average Bonchev–Trinajstić information content (AvgIpc) is 3.24. The van der Waals surface area contributed by atoms with Crippen LogP contribution in [0.1, 0.15) is 59.6 Å². The Balaban J connectivity index is 2.28. The summed E-state index contributed by atoms with van der Waals surface area (Å²) in [4.78, 5) is 15.1. The van der Waals surface area contributed by atoms with Gasteiger partial charge in [-0.25, -0.2) is 0 Å². The molecule has 1 unspecified atom stereocenters. The van der Waals surface area contributed by atoms with Crippen molar-refractivity contribution < 1.29 is 14.6 Å². The van der Waals surface area contributed by atoms with Crippen molar-refractivity contribution in [2.24, 2.45) is 0 Å². The van der Waals surface area contributed by atoms with E-state index in [0.717, 1.165) is 66.9 Å². The third kappa shape index (κ3) is 7.89. The van der Waals surface area contributed by atoms with E-state index in [9.17, 15) is 9.90 Å². The summed E-state index contributed by atoms with van der Waals surface area (Å²) in [5, 5.41) is 10.4. The summed E-state index contributed by atoms with van der Waals surface area (Å²) in [5.41, 5.74) is 2.10. The van der Waals surface area contributed by atoms with Crippen LogP contribution in [-0.2, 0) is 0 Å². The molecule has 1 aromatic carbocycles. The van der Waals surface area contributed by atoms with E-state index in [2.05, 4.69) is 52.9 Å². The molecule has 0 saturated heterocycles. The van der Waals surface area contributed by atoms with Gasteiger partial charge in [-0.1, -0.05) is 42.6 Å². The van der Waals surface area contributed by atoms with E-state index in [0.29, 0.717) is 10.2 Å². The Labute approximate surface area is 192 Å². The molecule has 0 aliphatic carbocycles. The van der Waals surface area contributed by atoms with Gasteiger partial charge in [0.15, 0.2) is 6.29 Å². The maximum atomic E-state index is 10.9. The summed E-state index contributed by atoms with van der Waals surface area (Å²) in [6.45, 7) is 6.71. The number of aldehydes is 1. The molecule has 0 saturated carbocycles. The summed E-state index contributed by atoms with van der Waals surface area (Å²) in [5.74, 6) is 0.758. The Morgan fingerprint density at radius 3 is 2.40 bits per heavy atom. The van der Waals surface area contributed by atoms with Crippen molar-refractivity contribution in [1.29, 1.82) is 0 Å². The van der Waals surface area contributed by atoms with E-state index in [4.69, 9.17) is 4.74 Å². The van der Waals surface area contributed by atoms with Crippen molar-refractivity contribution in [3.05, 3.63) is 45.6 Å². The number of aliphatic hydroxyl groups is 1. The van der Waals surface area contributed by atoms with Crippen LogP contribution < -0.4 is 9.64 Å². The summed E-state index contributed by atoms with van der Waals surface area (Å²) in [6.07, 6.45) is 8.93. The minimum atomic E-state index is -0.561. The van der Waals surface area contributed by atoms with Gasteiger partial charge in [-0.2, -0.15) is 0 Å². The molecule has 0 fully saturated rings. The van der Waals surface area contributed by atoms with Crippen molar-refractivity contribution in [2.75, 3.05) is 29.9 Å². The van der Waals surface area contributed by atoms with Crippen LogP contribution >= 0.6 is 27.3 Å². The fourth-order valence-electron chi connectivity index (χ4n) is 2.97. The van der Waals surface area contributed by atoms with E-state index in [-0.39, 0.29) is 6.61 Å². The number of nitrogens with zero attached hydrogens (tertiary/aromatic N) is 1. The lowest BCUT2D eigenvalue weighted by atomic mass is 10.1. The summed E-state index contributed by atoms with van der Waals surface area (Å²) >= 11 is 4.75. The Kier molecular flexibility index (Phi) is 11.2. The molecular weight excluding hydrogens is 462 g/mol. The van der Waals surface area contributed by atoms with Crippen molar-refractivity contribution in [3.63, 3.8) is 0 Å². The Hall–Kier alpha value is -1.63. The fraction of sp³-hybridized carbons (Fsp3) is 0.458. The molecular formula is C24H32BrNO3S. The van der Waals surface area contributed by atoms with Gasteiger partial charge >= 0.3 is 0 Å². The molecule has 0 bridgehead atoms. The van der Waals surface area contributed by atoms with Gasteiger partial charge in [0, 0.05) is 40.6 Å². The molecule has 1 heterocycles. The zero-order chi connectivity index (χ0) is 21.8. The van der Waals surface area contributed by atoms with Crippen molar-refractivity contribution >= 4 is 51.4 Å². The number of unbranched alkanes of at least 4 members (excludes halogenated alkanes) is 2. The third-order valence-electron chi connectivity index (χ3n) is 4.73. The number of anilines is 1. The van der Waals surface area contributed by atoms with E-state index >= 15 is 0 Å². The lowest BCUT2D eigenvalue weighted by Gasteiger charge is -2.26. The quantitative estimate of drug-likeness (QED) is 0.248. The highest BCUT2D eigenvalue weighted by Crippen LogP contribution is 2.29. The number of aliphatic hydroxyl groups excluding tert-OH is 1. The zero-order valence-electron chi connectivity index (χ0n) is 17.9. The summed E-state index contributed by atoms with van der Waals surface area (Å²) in [7, 11) is 0. The third-order valence-corrected chi connectivity index (χ3v) is 6.45. The van der Waals surface area contributed by atoms with E-state index < -0.39 is 6.10 Å². The second kappa shape index (κ2) is 13.6. The highest BCUT2D eigenvalue weighted by Gasteiger charge is 2.11. The maximum Gasteiger partial charge on any atom is 0.160 e. The van der Waals surface area contributed by atoms with Gasteiger partial charge in [0.05, 0.1) is 11.0 Å². The Morgan fingerprint density at radius 2 is 1.80 bits per heavy atom. The van der Waals surface area contributed by atoms with Crippen LogP contribution in [0.2, 0.25) is 0 Å². The molecule has 1 aromatic heterocycles. The Morgan fingerprint density at radius 1 is 1.10 bits per heavy atom. The zero-order valence-corrected chi connectivity index (χ0v) is 20.3. The van der Waals surface area contributed by atoms with Crippen LogP contribution in [0.5, 0.6) is 5.75 Å². The first kappa shape index (κ1) is 24.6. The number of alkyl halides is 1. The predicted octanol–water partition coefficient (Wildman–Crippen LogP) is 6.27. The largest absolute Gasteiger partial charge is 0.490 e. The molecule has 164 valence electrons. The number of benzene rings is 1. The molecule has 0 radical (unpaired) electrons. The molecule has 30 heavy (non-hydrogen) atoms. The molecule has 2 rings (SSSR count).